The molecule has 0 amide bonds. The lowest BCUT2D eigenvalue weighted by molar-refractivity contribution is 0.823. The van der Waals surface area contributed by atoms with Crippen molar-refractivity contribution < 1.29 is 0 Å². The van der Waals surface area contributed by atoms with Crippen LogP contribution in [0.2, 0.25) is 0 Å². The minimum absolute atomic E-state index is 0.727. The quantitative estimate of drug-likeness (QED) is 0.318. The average molecular weight is 112 g/mol. The van der Waals surface area contributed by atoms with Gasteiger partial charge >= 0.3 is 0 Å². The predicted molar refractivity (Wildman–Crippen MR) is 36.1 cm³/mol. The molecule has 8 heavy (non-hydrogen) atoms. The molecule has 0 unspecified atom stereocenters. The zero-order valence-corrected chi connectivity index (χ0v) is 5.09. The molecule has 0 saturated carbocycles. The lowest BCUT2D eigenvalue weighted by Gasteiger charge is -1.83. The highest BCUT2D eigenvalue weighted by Gasteiger charge is 1.64. The summed E-state index contributed by atoms with van der Waals surface area (Å²) in [5, 5.41) is 0. The summed E-state index contributed by atoms with van der Waals surface area (Å²) in [4.78, 5) is 0. The van der Waals surface area contributed by atoms with E-state index in [1.807, 2.05) is 31.2 Å². The summed E-state index contributed by atoms with van der Waals surface area (Å²) in [5.74, 6) is 4.99. The average Bonchev–Trinajstić information content (AvgIpc) is 1.81. The van der Waals surface area contributed by atoms with Gasteiger partial charge in [-0.15, -0.1) is 0 Å². The molecule has 0 aromatic rings. The topological polar surface area (TPSA) is 38.0 Å². The number of allylic oxidation sites excluding steroid dienone is 3. The smallest absolute Gasteiger partial charge is 0.0281 e. The van der Waals surface area contributed by atoms with Gasteiger partial charge < -0.3 is 0 Å². The SMILES string of the molecule is C/C=C\C=C/CNN. The Bertz CT molecular complexity index is 84.5. The van der Waals surface area contributed by atoms with Gasteiger partial charge in [0.2, 0.25) is 0 Å². The molecule has 0 spiro atoms. The van der Waals surface area contributed by atoms with Gasteiger partial charge in [-0.25, -0.2) is 0 Å². The minimum atomic E-state index is 0.727. The van der Waals surface area contributed by atoms with Crippen molar-refractivity contribution in [3.63, 3.8) is 0 Å². The number of rotatable bonds is 3. The maximum Gasteiger partial charge on any atom is 0.0281 e. The summed E-state index contributed by atoms with van der Waals surface area (Å²) in [6, 6.07) is 0. The molecule has 0 aliphatic rings. The molecule has 0 bridgehead atoms. The molecule has 46 valence electrons. The molecule has 0 radical (unpaired) electrons. The van der Waals surface area contributed by atoms with Gasteiger partial charge in [0.05, 0.1) is 0 Å². The van der Waals surface area contributed by atoms with Crippen molar-refractivity contribution in [1.82, 2.24) is 5.43 Å². The van der Waals surface area contributed by atoms with Crippen molar-refractivity contribution in [1.29, 1.82) is 0 Å². The summed E-state index contributed by atoms with van der Waals surface area (Å²) in [6.07, 6.45) is 7.81. The van der Waals surface area contributed by atoms with Crippen LogP contribution in [0.25, 0.3) is 0 Å². The fourth-order valence-electron chi connectivity index (χ4n) is 0.326. The molecule has 3 N–H and O–H groups in total. The van der Waals surface area contributed by atoms with Gasteiger partial charge in [0.25, 0.3) is 0 Å². The van der Waals surface area contributed by atoms with Crippen molar-refractivity contribution in [2.24, 2.45) is 5.84 Å². The van der Waals surface area contributed by atoms with Crippen LogP contribution in [0.5, 0.6) is 0 Å². The highest BCUT2D eigenvalue weighted by molar-refractivity contribution is 5.01. The van der Waals surface area contributed by atoms with Crippen molar-refractivity contribution in [3.8, 4) is 0 Å². The second-order valence-corrected chi connectivity index (χ2v) is 1.36. The van der Waals surface area contributed by atoms with E-state index < -0.39 is 0 Å². The third-order valence-corrected chi connectivity index (χ3v) is 0.675. The first-order valence-electron chi connectivity index (χ1n) is 2.63. The van der Waals surface area contributed by atoms with E-state index in [1.165, 1.54) is 0 Å². The van der Waals surface area contributed by atoms with Crippen molar-refractivity contribution in [3.05, 3.63) is 24.3 Å². The third kappa shape index (κ3) is 5.40. The first kappa shape index (κ1) is 7.40. The van der Waals surface area contributed by atoms with Crippen LogP contribution in [-0.4, -0.2) is 6.54 Å². The molecule has 0 aliphatic carbocycles. The first-order chi connectivity index (χ1) is 3.91. The first-order valence-corrected chi connectivity index (χ1v) is 2.63. The molecule has 0 saturated heterocycles. The molecule has 2 heteroatoms. The number of hydrazine groups is 1. The lowest BCUT2D eigenvalue weighted by atomic mass is 10.4. The normalized spacial score (nSPS) is 11.8. The second kappa shape index (κ2) is 6.40. The Labute approximate surface area is 50.0 Å². The summed E-state index contributed by atoms with van der Waals surface area (Å²) in [6.45, 7) is 2.70. The molecule has 0 aliphatic heterocycles. The molecular weight excluding hydrogens is 100 g/mol. The van der Waals surface area contributed by atoms with Crippen molar-refractivity contribution in [2.75, 3.05) is 6.54 Å². The van der Waals surface area contributed by atoms with E-state index >= 15 is 0 Å². The predicted octanol–water partition coefficient (Wildman–Crippen LogP) is 0.582. The maximum atomic E-state index is 4.99. The molecule has 0 aromatic carbocycles. The Hall–Kier alpha value is -0.600. The number of hydrogen-bond acceptors (Lipinski definition) is 2. The summed E-state index contributed by atoms with van der Waals surface area (Å²) in [5.41, 5.74) is 2.51. The highest BCUT2D eigenvalue weighted by Crippen LogP contribution is 1.72. The van der Waals surface area contributed by atoms with E-state index in [4.69, 9.17) is 5.84 Å². The Kier molecular flexibility index (Phi) is 5.92. The Balaban J connectivity index is 3.07. The van der Waals surface area contributed by atoms with Gasteiger partial charge in [0, 0.05) is 6.54 Å². The largest absolute Gasteiger partial charge is 0.271 e. The number of hydrogen-bond donors (Lipinski definition) is 2. The van der Waals surface area contributed by atoms with Crippen LogP contribution in [0.4, 0.5) is 0 Å². The molecule has 0 aromatic heterocycles. The number of nitrogens with two attached hydrogens (primary N) is 1. The summed E-state index contributed by atoms with van der Waals surface area (Å²) < 4.78 is 0. The zero-order valence-electron chi connectivity index (χ0n) is 5.09. The maximum absolute atomic E-state index is 4.99. The van der Waals surface area contributed by atoms with E-state index in [-0.39, 0.29) is 0 Å². The molecule has 0 rings (SSSR count). The van der Waals surface area contributed by atoms with Crippen molar-refractivity contribution in [2.45, 2.75) is 6.92 Å². The van der Waals surface area contributed by atoms with Crippen LogP contribution in [0.1, 0.15) is 6.92 Å². The molecule has 0 atom stereocenters. The second-order valence-electron chi connectivity index (χ2n) is 1.36. The molecule has 2 nitrogen and oxygen atoms in total. The van der Waals surface area contributed by atoms with Crippen LogP contribution in [0.15, 0.2) is 24.3 Å². The summed E-state index contributed by atoms with van der Waals surface area (Å²) >= 11 is 0. The Morgan fingerprint density at radius 3 is 2.75 bits per heavy atom. The van der Waals surface area contributed by atoms with E-state index in [0.717, 1.165) is 6.54 Å². The lowest BCUT2D eigenvalue weighted by Crippen LogP contribution is -2.21. The van der Waals surface area contributed by atoms with Gasteiger partial charge in [0.1, 0.15) is 0 Å². The van der Waals surface area contributed by atoms with Gasteiger partial charge in [-0.2, -0.15) is 0 Å². The van der Waals surface area contributed by atoms with Gasteiger partial charge in [-0.3, -0.25) is 11.3 Å². The zero-order chi connectivity index (χ0) is 6.24. The fraction of sp³-hybridized carbons (Fsp3) is 0.333. The van der Waals surface area contributed by atoms with Crippen LogP contribution in [-0.2, 0) is 0 Å². The van der Waals surface area contributed by atoms with Gasteiger partial charge in [-0.1, -0.05) is 24.3 Å². The van der Waals surface area contributed by atoms with Crippen LogP contribution in [0.3, 0.4) is 0 Å². The van der Waals surface area contributed by atoms with Crippen LogP contribution in [0, 0.1) is 0 Å². The molecule has 0 heterocycles. The van der Waals surface area contributed by atoms with E-state index in [9.17, 15) is 0 Å². The number of nitrogens with one attached hydrogen (secondary N) is 1. The minimum Gasteiger partial charge on any atom is -0.271 e. The highest BCUT2D eigenvalue weighted by atomic mass is 15.2. The van der Waals surface area contributed by atoms with Crippen molar-refractivity contribution >= 4 is 0 Å². The van der Waals surface area contributed by atoms with Gasteiger partial charge in [-0.05, 0) is 6.92 Å². The Morgan fingerprint density at radius 1 is 1.50 bits per heavy atom. The van der Waals surface area contributed by atoms with Crippen LogP contribution < -0.4 is 11.3 Å². The van der Waals surface area contributed by atoms with E-state index in [2.05, 4.69) is 5.43 Å². The van der Waals surface area contributed by atoms with Gasteiger partial charge in [0.15, 0.2) is 0 Å². The molecule has 0 fully saturated rings. The molecular formula is C6H12N2. The Morgan fingerprint density at radius 2 is 2.25 bits per heavy atom. The summed E-state index contributed by atoms with van der Waals surface area (Å²) in [7, 11) is 0. The van der Waals surface area contributed by atoms with Crippen LogP contribution >= 0.6 is 0 Å². The monoisotopic (exact) mass is 112 g/mol. The third-order valence-electron chi connectivity index (χ3n) is 0.675. The standard InChI is InChI=1S/C6H12N2/c1-2-3-4-5-6-8-7/h2-5,8H,6-7H2,1H3/b3-2-,5-4-. The van der Waals surface area contributed by atoms with E-state index in [1.54, 1.807) is 0 Å². The fourth-order valence-corrected chi connectivity index (χ4v) is 0.326. The van der Waals surface area contributed by atoms with E-state index in [0.29, 0.717) is 0 Å².